The van der Waals surface area contributed by atoms with E-state index in [1.807, 2.05) is 0 Å². The van der Waals surface area contributed by atoms with Gasteiger partial charge in [0.15, 0.2) is 11.8 Å². The predicted molar refractivity (Wildman–Crippen MR) is 143 cm³/mol. The lowest BCUT2D eigenvalue weighted by Crippen LogP contribution is -2.58. The van der Waals surface area contributed by atoms with Crippen molar-refractivity contribution in [1.29, 1.82) is 0 Å². The number of para-hydroxylation sites is 1. The molecule has 4 rings (SSSR count). The average Bonchev–Trinajstić information content (AvgIpc) is 3.31. The molecular weight excluding hydrogens is 522 g/mol. The Morgan fingerprint density at radius 3 is 2.05 bits per heavy atom. The average molecular weight is 556 g/mol. The van der Waals surface area contributed by atoms with Crippen LogP contribution in [0.3, 0.4) is 0 Å². The lowest BCUT2D eigenvalue weighted by atomic mass is 9.90. The Hall–Kier alpha value is -4.35. The van der Waals surface area contributed by atoms with Gasteiger partial charge in [-0.05, 0) is 59.7 Å². The molecule has 2 aromatic carbocycles. The molecule has 1 fully saturated rings. The van der Waals surface area contributed by atoms with Gasteiger partial charge in [-0.3, -0.25) is 19.9 Å². The lowest BCUT2D eigenvalue weighted by Gasteiger charge is -2.38. The first-order valence-corrected chi connectivity index (χ1v) is 12.7. The molecular formula is C28H33N3O9. The zero-order valence-corrected chi connectivity index (χ0v) is 23.5. The number of methoxy groups -OCH3 is 1. The van der Waals surface area contributed by atoms with E-state index in [1.165, 1.54) is 36.3 Å². The number of anilines is 1. The van der Waals surface area contributed by atoms with E-state index in [1.54, 1.807) is 65.8 Å². The summed E-state index contributed by atoms with van der Waals surface area (Å²) in [6, 6.07) is 11.1. The van der Waals surface area contributed by atoms with E-state index in [2.05, 4.69) is 0 Å². The number of likely N-dealkylation sites (tertiary alicyclic amines) is 1. The number of hydrogen-bond donors (Lipinski definition) is 0. The normalized spacial score (nSPS) is 21.8. The van der Waals surface area contributed by atoms with Gasteiger partial charge in [0.05, 0.1) is 17.7 Å². The number of rotatable bonds is 4. The highest BCUT2D eigenvalue weighted by molar-refractivity contribution is 5.95. The first-order chi connectivity index (χ1) is 18.6. The topological polar surface area (TPSA) is 138 Å². The third-order valence-electron chi connectivity index (χ3n) is 6.39. The van der Waals surface area contributed by atoms with Crippen molar-refractivity contribution in [3.05, 3.63) is 64.2 Å². The molecule has 2 aromatic rings. The number of carbonyl (C=O) groups is 3. The van der Waals surface area contributed by atoms with Gasteiger partial charge >= 0.3 is 18.2 Å². The number of nitrogens with zero attached hydrogens (tertiary/aromatic N) is 3. The molecule has 2 heterocycles. The van der Waals surface area contributed by atoms with Crippen molar-refractivity contribution in [2.45, 2.75) is 77.0 Å². The number of nitro groups is 1. The minimum atomic E-state index is -1.49. The smallest absolute Gasteiger partial charge is 0.416 e. The summed E-state index contributed by atoms with van der Waals surface area (Å²) in [4.78, 5) is 53.7. The Kier molecular flexibility index (Phi) is 7.16. The summed E-state index contributed by atoms with van der Waals surface area (Å²) in [6.45, 7) is 10.2. The third kappa shape index (κ3) is 5.25. The fourth-order valence-corrected chi connectivity index (χ4v) is 5.02. The summed E-state index contributed by atoms with van der Waals surface area (Å²) >= 11 is 0. The zero-order chi connectivity index (χ0) is 29.6. The molecule has 2 aliphatic rings. The highest BCUT2D eigenvalue weighted by Crippen LogP contribution is 2.55. The molecule has 40 heavy (non-hydrogen) atoms. The van der Waals surface area contributed by atoms with E-state index >= 15 is 0 Å². The number of ether oxygens (including phenoxy) is 4. The number of nitro benzene ring substituents is 1. The maximum absolute atomic E-state index is 13.8. The van der Waals surface area contributed by atoms with E-state index in [0.717, 1.165) is 4.90 Å². The van der Waals surface area contributed by atoms with Crippen LogP contribution in [0.2, 0.25) is 0 Å². The van der Waals surface area contributed by atoms with E-state index in [9.17, 15) is 24.5 Å². The molecule has 12 nitrogen and oxygen atoms in total. The number of fused-ring (bicyclic) bond motifs is 3. The summed E-state index contributed by atoms with van der Waals surface area (Å²) in [5.74, 6) is -0.500. The number of amides is 2. The van der Waals surface area contributed by atoms with Gasteiger partial charge in [-0.2, -0.15) is 0 Å². The van der Waals surface area contributed by atoms with E-state index in [0.29, 0.717) is 11.3 Å². The number of hydrogen-bond acceptors (Lipinski definition) is 9. The highest BCUT2D eigenvalue weighted by Gasteiger charge is 2.68. The van der Waals surface area contributed by atoms with Crippen molar-refractivity contribution < 1.29 is 38.3 Å². The third-order valence-corrected chi connectivity index (χ3v) is 6.39. The predicted octanol–water partition coefficient (Wildman–Crippen LogP) is 5.13. The van der Waals surface area contributed by atoms with Crippen LogP contribution in [0.15, 0.2) is 48.5 Å². The van der Waals surface area contributed by atoms with Gasteiger partial charge in [0.1, 0.15) is 23.0 Å². The van der Waals surface area contributed by atoms with Crippen molar-refractivity contribution in [1.82, 2.24) is 4.90 Å². The van der Waals surface area contributed by atoms with Crippen LogP contribution < -0.4 is 9.64 Å². The Morgan fingerprint density at radius 1 is 0.925 bits per heavy atom. The van der Waals surface area contributed by atoms with Gasteiger partial charge in [0.2, 0.25) is 0 Å². The second-order valence-corrected chi connectivity index (χ2v) is 11.6. The van der Waals surface area contributed by atoms with Gasteiger partial charge in [-0.1, -0.05) is 18.2 Å². The number of carbonyl (C=O) groups excluding carboxylic acids is 3. The summed E-state index contributed by atoms with van der Waals surface area (Å²) < 4.78 is 23.0. The molecule has 0 unspecified atom stereocenters. The Morgan fingerprint density at radius 2 is 1.50 bits per heavy atom. The molecule has 0 spiro atoms. The van der Waals surface area contributed by atoms with Crippen LogP contribution in [-0.2, 0) is 24.6 Å². The maximum Gasteiger partial charge on any atom is 0.416 e. The number of benzene rings is 2. The van der Waals surface area contributed by atoms with Gasteiger partial charge in [0, 0.05) is 24.1 Å². The van der Waals surface area contributed by atoms with Crippen LogP contribution in [0, 0.1) is 10.1 Å². The second-order valence-electron chi connectivity index (χ2n) is 11.6. The number of non-ortho nitro benzene ring substituents is 1. The van der Waals surface area contributed by atoms with Crippen LogP contribution in [0.5, 0.6) is 5.75 Å². The summed E-state index contributed by atoms with van der Waals surface area (Å²) in [7, 11) is 1.20. The summed E-state index contributed by atoms with van der Waals surface area (Å²) in [5, 5.41) is 11.2. The minimum Gasteiger partial charge on any atom is -0.478 e. The fourth-order valence-electron chi connectivity index (χ4n) is 5.02. The van der Waals surface area contributed by atoms with E-state index in [-0.39, 0.29) is 17.9 Å². The standard InChI is InChI=1S/C28H33N3O9/c1-26(2,3)39-24(33)29-20-11-9-8-10-19(20)28(38-18-14-12-17(13-15-18)31(35)36)16-21(22(32)37-7)30(23(28)29)25(34)40-27(4,5)6/h8-15,21,23H,16H2,1-7H3/t21-,23+,28-/m1/s1. The van der Waals surface area contributed by atoms with Gasteiger partial charge in [-0.15, -0.1) is 0 Å². The van der Waals surface area contributed by atoms with Gasteiger partial charge in [0.25, 0.3) is 5.69 Å². The van der Waals surface area contributed by atoms with Crippen LogP contribution >= 0.6 is 0 Å². The quantitative estimate of drug-likeness (QED) is 0.217. The minimum absolute atomic E-state index is 0.100. The first kappa shape index (κ1) is 28.7. The molecule has 0 aliphatic carbocycles. The van der Waals surface area contributed by atoms with Crippen LogP contribution in [-0.4, -0.2) is 58.5 Å². The molecule has 214 valence electrons. The molecule has 2 amide bonds. The molecule has 2 aliphatic heterocycles. The SMILES string of the molecule is COC(=O)[C@H]1C[C@@]2(Oc3ccc([N+](=O)[O-])cc3)c3ccccc3N(C(=O)OC(C)(C)C)[C@H]2N1C(=O)OC(C)(C)C. The van der Waals surface area contributed by atoms with E-state index in [4.69, 9.17) is 18.9 Å². The van der Waals surface area contributed by atoms with Crippen molar-refractivity contribution >= 4 is 29.5 Å². The maximum atomic E-state index is 13.8. The molecule has 0 saturated carbocycles. The number of esters is 1. The molecule has 12 heteroatoms. The van der Waals surface area contributed by atoms with Crippen molar-refractivity contribution in [3.63, 3.8) is 0 Å². The fraction of sp³-hybridized carbons (Fsp3) is 0.464. The van der Waals surface area contributed by atoms with Crippen LogP contribution in [0.1, 0.15) is 53.5 Å². The van der Waals surface area contributed by atoms with Gasteiger partial charge in [-0.25, -0.2) is 14.4 Å². The Balaban J connectivity index is 1.94. The molecule has 0 bridgehead atoms. The monoisotopic (exact) mass is 555 g/mol. The zero-order valence-electron chi connectivity index (χ0n) is 23.5. The molecule has 0 radical (unpaired) electrons. The lowest BCUT2D eigenvalue weighted by molar-refractivity contribution is -0.384. The second kappa shape index (κ2) is 10.00. The largest absolute Gasteiger partial charge is 0.478 e. The molecule has 3 atom stereocenters. The van der Waals surface area contributed by atoms with Crippen molar-refractivity contribution in [2.24, 2.45) is 0 Å². The highest BCUT2D eigenvalue weighted by atomic mass is 16.6. The molecule has 1 saturated heterocycles. The van der Waals surface area contributed by atoms with Crippen molar-refractivity contribution in [3.8, 4) is 5.75 Å². The first-order valence-electron chi connectivity index (χ1n) is 12.7. The Labute approximate surface area is 231 Å². The summed E-state index contributed by atoms with van der Waals surface area (Å²) in [6.07, 6.45) is -2.95. The van der Waals surface area contributed by atoms with Crippen molar-refractivity contribution in [2.75, 3.05) is 12.0 Å². The van der Waals surface area contributed by atoms with Crippen LogP contribution in [0.4, 0.5) is 21.0 Å². The molecule has 0 N–H and O–H groups in total. The van der Waals surface area contributed by atoms with E-state index < -0.39 is 52.1 Å². The van der Waals surface area contributed by atoms with Gasteiger partial charge < -0.3 is 18.9 Å². The summed E-state index contributed by atoms with van der Waals surface area (Å²) in [5.41, 5.74) is -2.50. The van der Waals surface area contributed by atoms with Crippen LogP contribution in [0.25, 0.3) is 0 Å². The molecule has 0 aromatic heterocycles. The Bertz CT molecular complexity index is 1330.